The summed E-state index contributed by atoms with van der Waals surface area (Å²) in [4.78, 5) is 9.30. The summed E-state index contributed by atoms with van der Waals surface area (Å²) in [6.07, 6.45) is 1.67. The fourth-order valence-electron chi connectivity index (χ4n) is 3.67. The van der Waals surface area contributed by atoms with Crippen molar-refractivity contribution in [3.8, 4) is 0 Å². The van der Waals surface area contributed by atoms with Crippen LogP contribution >= 0.6 is 0 Å². The highest BCUT2D eigenvalue weighted by atomic mass is 15.4. The first kappa shape index (κ1) is 18.2. The van der Waals surface area contributed by atoms with Crippen LogP contribution in [0.4, 0.5) is 23.1 Å². The average molecular weight is 374 g/mol. The fourth-order valence-corrected chi connectivity index (χ4v) is 3.67. The molecule has 0 radical (unpaired) electrons. The van der Waals surface area contributed by atoms with Gasteiger partial charge in [0.05, 0.1) is 6.20 Å². The monoisotopic (exact) mass is 374 g/mol. The molecule has 0 aliphatic carbocycles. The van der Waals surface area contributed by atoms with Crippen molar-refractivity contribution in [2.75, 3.05) is 41.3 Å². The maximum Gasteiger partial charge on any atom is 0.247 e. The molecule has 1 saturated heterocycles. The van der Waals surface area contributed by atoms with Gasteiger partial charge in [0.1, 0.15) is 0 Å². The Balaban J connectivity index is 1.43. The van der Waals surface area contributed by atoms with Gasteiger partial charge in [0.2, 0.25) is 5.95 Å². The van der Waals surface area contributed by atoms with Gasteiger partial charge < -0.3 is 15.1 Å². The van der Waals surface area contributed by atoms with E-state index in [2.05, 4.69) is 93.5 Å². The van der Waals surface area contributed by atoms with Gasteiger partial charge >= 0.3 is 0 Å². The molecule has 28 heavy (non-hydrogen) atoms. The Morgan fingerprint density at radius 1 is 0.821 bits per heavy atom. The van der Waals surface area contributed by atoms with Gasteiger partial charge in [0.15, 0.2) is 5.82 Å². The highest BCUT2D eigenvalue weighted by molar-refractivity contribution is 5.58. The second-order valence-electron chi connectivity index (χ2n) is 7.46. The maximum absolute atomic E-state index is 4.69. The second kappa shape index (κ2) is 7.84. The van der Waals surface area contributed by atoms with Crippen molar-refractivity contribution in [3.63, 3.8) is 0 Å². The molecule has 6 nitrogen and oxygen atoms in total. The van der Waals surface area contributed by atoms with Crippen LogP contribution in [0.3, 0.4) is 0 Å². The molecular weight excluding hydrogens is 348 g/mol. The van der Waals surface area contributed by atoms with E-state index in [9.17, 15) is 0 Å². The van der Waals surface area contributed by atoms with Crippen molar-refractivity contribution in [1.29, 1.82) is 0 Å². The molecule has 1 aliphatic rings. The molecular formula is C22H26N6. The van der Waals surface area contributed by atoms with Gasteiger partial charge in [-0.15, -0.1) is 5.10 Å². The van der Waals surface area contributed by atoms with E-state index in [0.717, 1.165) is 37.7 Å². The van der Waals surface area contributed by atoms with E-state index in [1.54, 1.807) is 6.20 Å². The highest BCUT2D eigenvalue weighted by Crippen LogP contribution is 2.21. The number of aromatic nitrogens is 3. The molecule has 0 unspecified atom stereocenters. The molecule has 1 aromatic heterocycles. The summed E-state index contributed by atoms with van der Waals surface area (Å²) < 4.78 is 0. The lowest BCUT2D eigenvalue weighted by Gasteiger charge is -2.36. The summed E-state index contributed by atoms with van der Waals surface area (Å²) >= 11 is 0. The van der Waals surface area contributed by atoms with Crippen LogP contribution in [0.2, 0.25) is 0 Å². The van der Waals surface area contributed by atoms with Gasteiger partial charge in [-0.25, -0.2) is 0 Å². The van der Waals surface area contributed by atoms with Crippen molar-refractivity contribution < 1.29 is 0 Å². The van der Waals surface area contributed by atoms with Crippen molar-refractivity contribution in [3.05, 3.63) is 65.4 Å². The van der Waals surface area contributed by atoms with Crippen LogP contribution in [0.15, 0.2) is 48.7 Å². The lowest BCUT2D eigenvalue weighted by atomic mass is 10.1. The average Bonchev–Trinajstić information content (AvgIpc) is 2.67. The minimum atomic E-state index is 0.679. The minimum Gasteiger partial charge on any atom is -0.368 e. The van der Waals surface area contributed by atoms with E-state index < -0.39 is 0 Å². The van der Waals surface area contributed by atoms with Crippen LogP contribution < -0.4 is 15.1 Å². The van der Waals surface area contributed by atoms with E-state index in [1.807, 2.05) is 0 Å². The van der Waals surface area contributed by atoms with Crippen molar-refractivity contribution >= 4 is 23.1 Å². The topological polar surface area (TPSA) is 57.2 Å². The molecule has 3 aromatic rings. The summed E-state index contributed by atoms with van der Waals surface area (Å²) in [7, 11) is 0. The largest absolute Gasteiger partial charge is 0.368 e. The Kier molecular flexibility index (Phi) is 5.10. The Hall–Kier alpha value is -3.15. The van der Waals surface area contributed by atoms with Crippen molar-refractivity contribution in [2.24, 2.45) is 0 Å². The molecule has 0 amide bonds. The number of hydrogen-bond acceptors (Lipinski definition) is 6. The highest BCUT2D eigenvalue weighted by Gasteiger charge is 2.20. The zero-order chi connectivity index (χ0) is 19.5. The van der Waals surface area contributed by atoms with Crippen LogP contribution in [0, 0.1) is 20.8 Å². The van der Waals surface area contributed by atoms with Gasteiger partial charge in [-0.1, -0.05) is 18.2 Å². The van der Waals surface area contributed by atoms with E-state index >= 15 is 0 Å². The summed E-state index contributed by atoms with van der Waals surface area (Å²) in [5.41, 5.74) is 6.03. The normalized spacial score (nSPS) is 14.2. The Bertz CT molecular complexity index is 942. The Morgan fingerprint density at radius 2 is 1.54 bits per heavy atom. The first-order valence-electron chi connectivity index (χ1n) is 9.68. The number of nitrogens with one attached hydrogen (secondary N) is 1. The van der Waals surface area contributed by atoms with Crippen molar-refractivity contribution in [2.45, 2.75) is 20.8 Å². The predicted octanol–water partition coefficient (Wildman–Crippen LogP) is 3.87. The number of nitrogens with zero attached hydrogens (tertiary/aromatic N) is 5. The number of anilines is 4. The fraction of sp³-hybridized carbons (Fsp3) is 0.318. The molecule has 1 aliphatic heterocycles. The third kappa shape index (κ3) is 4.22. The first-order valence-corrected chi connectivity index (χ1v) is 9.68. The predicted molar refractivity (Wildman–Crippen MR) is 115 cm³/mol. The Morgan fingerprint density at radius 3 is 2.25 bits per heavy atom. The van der Waals surface area contributed by atoms with E-state index in [4.69, 9.17) is 0 Å². The summed E-state index contributed by atoms with van der Waals surface area (Å²) in [5.74, 6) is 1.40. The first-order chi connectivity index (χ1) is 13.6. The molecule has 0 spiro atoms. The standard InChI is InChI=1S/C22H26N6/c1-16-5-4-6-20(14-16)27-7-9-28(10-8-27)22-25-21(15-23-26-22)24-19-12-17(2)11-18(3)13-19/h4-6,11-15H,7-10H2,1-3H3,(H,24,25,26). The van der Waals surface area contributed by atoms with Crippen molar-refractivity contribution in [1.82, 2.24) is 15.2 Å². The number of rotatable bonds is 4. The molecule has 0 saturated carbocycles. The van der Waals surface area contributed by atoms with E-state index in [-0.39, 0.29) is 0 Å². The van der Waals surface area contributed by atoms with E-state index in [0.29, 0.717) is 5.95 Å². The van der Waals surface area contributed by atoms with Gasteiger partial charge in [-0.05, 0) is 61.7 Å². The lowest BCUT2D eigenvalue weighted by Crippen LogP contribution is -2.47. The molecule has 6 heteroatoms. The molecule has 0 bridgehead atoms. The van der Waals surface area contributed by atoms with Crippen LogP contribution in [0.5, 0.6) is 0 Å². The zero-order valence-electron chi connectivity index (χ0n) is 16.7. The summed E-state index contributed by atoms with van der Waals surface area (Å²) in [6, 6.07) is 15.0. The summed E-state index contributed by atoms with van der Waals surface area (Å²) in [5, 5.41) is 11.8. The maximum atomic E-state index is 4.69. The number of benzene rings is 2. The van der Waals surface area contributed by atoms with Gasteiger partial charge in [-0.3, -0.25) is 0 Å². The molecule has 1 N–H and O–H groups in total. The van der Waals surface area contributed by atoms with Crippen LogP contribution in [0.25, 0.3) is 0 Å². The van der Waals surface area contributed by atoms with Gasteiger partial charge in [0, 0.05) is 37.6 Å². The van der Waals surface area contributed by atoms with Gasteiger partial charge in [-0.2, -0.15) is 10.1 Å². The third-order valence-corrected chi connectivity index (χ3v) is 4.97. The smallest absolute Gasteiger partial charge is 0.247 e. The molecule has 2 heterocycles. The van der Waals surface area contributed by atoms with Crippen LogP contribution in [-0.2, 0) is 0 Å². The number of hydrogen-bond donors (Lipinski definition) is 1. The molecule has 0 atom stereocenters. The third-order valence-electron chi connectivity index (χ3n) is 4.97. The zero-order valence-corrected chi connectivity index (χ0v) is 16.7. The lowest BCUT2D eigenvalue weighted by molar-refractivity contribution is 0.635. The second-order valence-corrected chi connectivity index (χ2v) is 7.46. The van der Waals surface area contributed by atoms with Crippen LogP contribution in [-0.4, -0.2) is 41.4 Å². The number of piperazine rings is 1. The van der Waals surface area contributed by atoms with E-state index in [1.165, 1.54) is 22.4 Å². The quantitative estimate of drug-likeness (QED) is 0.748. The molecule has 144 valence electrons. The number of aryl methyl sites for hydroxylation is 3. The minimum absolute atomic E-state index is 0.679. The molecule has 1 fully saturated rings. The molecule has 2 aromatic carbocycles. The Labute approximate surface area is 166 Å². The SMILES string of the molecule is Cc1cc(C)cc(Nc2cnnc(N3CCN(c4cccc(C)c4)CC3)n2)c1. The van der Waals surface area contributed by atoms with Crippen LogP contribution in [0.1, 0.15) is 16.7 Å². The van der Waals surface area contributed by atoms with Gasteiger partial charge in [0.25, 0.3) is 0 Å². The molecule has 4 rings (SSSR count). The summed E-state index contributed by atoms with van der Waals surface area (Å²) in [6.45, 7) is 9.97.